The molecule has 1 aromatic carbocycles. The van der Waals surface area contributed by atoms with Gasteiger partial charge >= 0.3 is 0 Å². The number of rotatable bonds is 11. The monoisotopic (exact) mass is 632 g/mol. The number of hydrogen-bond acceptors (Lipinski definition) is 6. The summed E-state index contributed by atoms with van der Waals surface area (Å²) in [6.45, 7) is 4.52. The third-order valence-electron chi connectivity index (χ3n) is 8.95. The molecular weight excluding hydrogens is 595 g/mol. The van der Waals surface area contributed by atoms with Gasteiger partial charge in [-0.1, -0.05) is 29.6 Å². The van der Waals surface area contributed by atoms with E-state index in [0.29, 0.717) is 46.8 Å². The zero-order valence-electron chi connectivity index (χ0n) is 24.4. The van der Waals surface area contributed by atoms with E-state index in [1.165, 1.54) is 0 Å². The van der Waals surface area contributed by atoms with Crippen molar-refractivity contribution in [2.45, 2.75) is 77.0 Å². The normalized spacial score (nSPS) is 24.0. The van der Waals surface area contributed by atoms with Crippen LogP contribution in [0, 0.1) is 17.8 Å². The van der Waals surface area contributed by atoms with E-state index in [2.05, 4.69) is 15.6 Å². The number of ether oxygens (including phenoxy) is 1. The van der Waals surface area contributed by atoms with Crippen LogP contribution in [-0.2, 0) is 23.9 Å². The molecule has 232 valence electrons. The summed E-state index contributed by atoms with van der Waals surface area (Å²) in [5.74, 6) is -2.78. The summed E-state index contributed by atoms with van der Waals surface area (Å²) in [6.07, 6.45) is 4.38. The van der Waals surface area contributed by atoms with E-state index >= 15 is 0 Å². The van der Waals surface area contributed by atoms with E-state index < -0.39 is 35.6 Å². The van der Waals surface area contributed by atoms with Crippen molar-refractivity contribution in [2.24, 2.45) is 17.8 Å². The van der Waals surface area contributed by atoms with E-state index in [0.717, 1.165) is 19.3 Å². The van der Waals surface area contributed by atoms with Gasteiger partial charge in [0.2, 0.25) is 11.7 Å². The van der Waals surface area contributed by atoms with Gasteiger partial charge in [0.05, 0.1) is 23.8 Å². The van der Waals surface area contributed by atoms with Crippen LogP contribution in [0.15, 0.2) is 18.2 Å². The van der Waals surface area contributed by atoms with Gasteiger partial charge < -0.3 is 25.3 Å². The molecule has 0 spiro atoms. The lowest BCUT2D eigenvalue weighted by Gasteiger charge is -2.29. The molecule has 43 heavy (non-hydrogen) atoms. The maximum absolute atomic E-state index is 14.0. The fourth-order valence-electron chi connectivity index (χ4n) is 6.90. The van der Waals surface area contributed by atoms with Crippen molar-refractivity contribution in [3.05, 3.63) is 33.9 Å². The molecule has 5 atom stereocenters. The van der Waals surface area contributed by atoms with Crippen LogP contribution < -0.4 is 10.6 Å². The summed E-state index contributed by atoms with van der Waals surface area (Å²) in [5, 5.41) is 6.86. The standard InChI is InChI=1S/C31H38Cl2N4O6/c1-16(2)43-10-9-34-30(41)28(39)24(11-17-5-4-8-26(17)38)36-29(40)27-20-7-3-6-18(20)15-37(27)31(42)25-14-21-22(33)12-19(32)13-23(21)35-25/h12-14,16-18,20,24,27,35H,3-11,15H2,1-2H3,(H,34,41)(H,36,40)/t17-,18-,20-,24-,27-/m0/s1. The highest BCUT2D eigenvalue weighted by Crippen LogP contribution is 2.43. The smallest absolute Gasteiger partial charge is 0.289 e. The Balaban J connectivity index is 1.36. The number of Topliss-reactive ketones (excluding diaryl/α,β-unsaturated/α-hetero) is 2. The number of likely N-dealkylation sites (tertiary alicyclic amines) is 1. The summed E-state index contributed by atoms with van der Waals surface area (Å²) in [5.41, 5.74) is 0.891. The minimum Gasteiger partial charge on any atom is -0.377 e. The minimum absolute atomic E-state index is 0.0244. The number of H-pyrrole nitrogens is 1. The van der Waals surface area contributed by atoms with Crippen molar-refractivity contribution < 1.29 is 28.7 Å². The van der Waals surface area contributed by atoms with E-state index in [1.807, 2.05) is 13.8 Å². The van der Waals surface area contributed by atoms with Gasteiger partial charge in [0.1, 0.15) is 17.5 Å². The lowest BCUT2D eigenvalue weighted by molar-refractivity contribution is -0.141. The maximum atomic E-state index is 14.0. The molecule has 0 radical (unpaired) electrons. The van der Waals surface area contributed by atoms with Gasteiger partial charge in [-0.3, -0.25) is 24.0 Å². The van der Waals surface area contributed by atoms with Crippen molar-refractivity contribution in [1.82, 2.24) is 20.5 Å². The molecule has 5 rings (SSSR count). The summed E-state index contributed by atoms with van der Waals surface area (Å²) >= 11 is 12.5. The number of aromatic nitrogens is 1. The molecular formula is C31H38Cl2N4O6. The quantitative estimate of drug-likeness (QED) is 0.252. The van der Waals surface area contributed by atoms with Crippen LogP contribution in [0.2, 0.25) is 10.0 Å². The van der Waals surface area contributed by atoms with Gasteiger partial charge in [0, 0.05) is 41.4 Å². The zero-order chi connectivity index (χ0) is 30.8. The predicted octanol–water partition coefficient (Wildman–Crippen LogP) is 4.07. The lowest BCUT2D eigenvalue weighted by atomic mass is 9.91. The van der Waals surface area contributed by atoms with Crippen LogP contribution in [0.4, 0.5) is 0 Å². The van der Waals surface area contributed by atoms with Gasteiger partial charge in [-0.25, -0.2) is 0 Å². The molecule has 0 bridgehead atoms. The Kier molecular flexibility index (Phi) is 9.78. The zero-order valence-corrected chi connectivity index (χ0v) is 25.9. The first-order chi connectivity index (χ1) is 20.5. The largest absolute Gasteiger partial charge is 0.377 e. The summed E-state index contributed by atoms with van der Waals surface area (Å²) in [7, 11) is 0. The first-order valence-corrected chi connectivity index (χ1v) is 15.8. The Hall–Kier alpha value is -2.95. The second-order valence-electron chi connectivity index (χ2n) is 12.2. The van der Waals surface area contributed by atoms with E-state index in [9.17, 15) is 24.0 Å². The molecule has 2 aromatic rings. The van der Waals surface area contributed by atoms with E-state index in [-0.39, 0.29) is 54.9 Å². The van der Waals surface area contributed by atoms with Gasteiger partial charge in [0.15, 0.2) is 0 Å². The van der Waals surface area contributed by atoms with Crippen molar-refractivity contribution in [2.75, 3.05) is 19.7 Å². The van der Waals surface area contributed by atoms with Crippen LogP contribution in [0.3, 0.4) is 0 Å². The number of nitrogens with one attached hydrogen (secondary N) is 3. The van der Waals surface area contributed by atoms with Crippen LogP contribution in [0.1, 0.15) is 69.3 Å². The van der Waals surface area contributed by atoms with Crippen molar-refractivity contribution in [1.29, 1.82) is 0 Å². The molecule has 1 saturated heterocycles. The maximum Gasteiger partial charge on any atom is 0.289 e. The first-order valence-electron chi connectivity index (χ1n) is 15.1. The number of hydrogen-bond donors (Lipinski definition) is 3. The number of aromatic amines is 1. The molecule has 2 heterocycles. The molecule has 2 saturated carbocycles. The summed E-state index contributed by atoms with van der Waals surface area (Å²) in [4.78, 5) is 71.1. The lowest BCUT2D eigenvalue weighted by Crippen LogP contribution is -2.55. The number of amides is 3. The van der Waals surface area contributed by atoms with E-state index in [1.54, 1.807) is 23.1 Å². The fourth-order valence-corrected chi connectivity index (χ4v) is 7.44. The second-order valence-corrected chi connectivity index (χ2v) is 13.0. The number of ketones is 2. The third kappa shape index (κ3) is 6.91. The number of carbonyl (C=O) groups is 5. The molecule has 3 N–H and O–H groups in total. The topological polar surface area (TPSA) is 138 Å². The Bertz CT molecular complexity index is 1420. The molecule has 2 aliphatic carbocycles. The average molecular weight is 634 g/mol. The molecule has 3 fully saturated rings. The summed E-state index contributed by atoms with van der Waals surface area (Å²) in [6, 6.07) is 2.94. The SMILES string of the molecule is CC(C)OCCNC(=O)C(=O)[C@H](C[C@@H]1CCCC1=O)NC(=O)[C@@H]1[C@H]2CCC[C@H]2CN1C(=O)c1cc2c(Cl)cc(Cl)cc2[nH]1. The Labute approximate surface area is 260 Å². The Morgan fingerprint density at radius 2 is 1.88 bits per heavy atom. The first kappa shape index (κ1) is 31.5. The molecule has 3 amide bonds. The van der Waals surface area contributed by atoms with Crippen LogP contribution in [0.25, 0.3) is 10.9 Å². The second kappa shape index (κ2) is 13.4. The number of fused-ring (bicyclic) bond motifs is 2. The van der Waals surface area contributed by atoms with Gasteiger partial charge in [-0.2, -0.15) is 0 Å². The van der Waals surface area contributed by atoms with Crippen LogP contribution in [0.5, 0.6) is 0 Å². The molecule has 12 heteroatoms. The third-order valence-corrected chi connectivity index (χ3v) is 9.48. The van der Waals surface area contributed by atoms with Crippen LogP contribution >= 0.6 is 23.2 Å². The van der Waals surface area contributed by atoms with Gasteiger partial charge in [-0.15, -0.1) is 0 Å². The van der Waals surface area contributed by atoms with E-state index in [4.69, 9.17) is 27.9 Å². The molecule has 1 aromatic heterocycles. The number of nitrogens with zero attached hydrogens (tertiary/aromatic N) is 1. The van der Waals surface area contributed by atoms with Crippen molar-refractivity contribution in [3.8, 4) is 0 Å². The molecule has 0 unspecified atom stereocenters. The highest BCUT2D eigenvalue weighted by atomic mass is 35.5. The van der Waals surface area contributed by atoms with Crippen molar-refractivity contribution in [3.63, 3.8) is 0 Å². The number of benzene rings is 1. The Morgan fingerprint density at radius 3 is 2.60 bits per heavy atom. The van der Waals surface area contributed by atoms with Crippen molar-refractivity contribution >= 4 is 63.4 Å². The van der Waals surface area contributed by atoms with Gasteiger partial charge in [0.25, 0.3) is 11.8 Å². The number of carbonyl (C=O) groups excluding carboxylic acids is 5. The highest BCUT2D eigenvalue weighted by Gasteiger charge is 2.50. The molecule has 1 aliphatic heterocycles. The summed E-state index contributed by atoms with van der Waals surface area (Å²) < 4.78 is 5.43. The Morgan fingerprint density at radius 1 is 1.09 bits per heavy atom. The fraction of sp³-hybridized carbons (Fsp3) is 0.581. The highest BCUT2D eigenvalue weighted by molar-refractivity contribution is 6.39. The minimum atomic E-state index is -1.18. The molecule has 3 aliphatic rings. The average Bonchev–Trinajstić information content (AvgIpc) is 3.74. The van der Waals surface area contributed by atoms with Crippen LogP contribution in [-0.4, -0.2) is 77.1 Å². The number of halogens is 2. The molecule has 10 nitrogen and oxygen atoms in total. The predicted molar refractivity (Wildman–Crippen MR) is 162 cm³/mol. The van der Waals surface area contributed by atoms with Gasteiger partial charge in [-0.05, 0) is 76.0 Å².